The number of benzene rings is 2. The van der Waals surface area contributed by atoms with Crippen molar-refractivity contribution in [2.24, 2.45) is 0 Å². The number of nitrogens with one attached hydrogen (secondary N) is 1. The first-order valence-corrected chi connectivity index (χ1v) is 12.5. The van der Waals surface area contributed by atoms with Crippen molar-refractivity contribution >= 4 is 15.8 Å². The SMILES string of the molecule is COCCc1cc(C(F)(F)F)ccc1[C@]1(C)CCOc2cc(S(=O)(=O)Nc3cccc(F)n3)ccc21. The third-order valence-electron chi connectivity index (χ3n) is 6.27. The summed E-state index contributed by atoms with van der Waals surface area (Å²) in [5, 5.41) is 0. The van der Waals surface area contributed by atoms with E-state index in [1.807, 2.05) is 6.92 Å². The third kappa shape index (κ3) is 5.17. The lowest BCUT2D eigenvalue weighted by Gasteiger charge is -2.38. The van der Waals surface area contributed by atoms with Crippen LogP contribution in [0.3, 0.4) is 0 Å². The fourth-order valence-corrected chi connectivity index (χ4v) is 5.43. The molecule has 0 radical (unpaired) electrons. The molecule has 192 valence electrons. The van der Waals surface area contributed by atoms with Crippen molar-refractivity contribution in [3.63, 3.8) is 0 Å². The molecule has 11 heteroatoms. The number of methoxy groups -OCH3 is 1. The number of nitrogens with zero attached hydrogens (tertiary/aromatic N) is 1. The van der Waals surface area contributed by atoms with E-state index in [4.69, 9.17) is 9.47 Å². The van der Waals surface area contributed by atoms with E-state index in [0.717, 1.165) is 18.2 Å². The second kappa shape index (κ2) is 9.70. The summed E-state index contributed by atoms with van der Waals surface area (Å²) in [6.45, 7) is 2.37. The van der Waals surface area contributed by atoms with E-state index < -0.39 is 33.1 Å². The lowest BCUT2D eigenvalue weighted by molar-refractivity contribution is -0.137. The summed E-state index contributed by atoms with van der Waals surface area (Å²) in [4.78, 5) is 3.39. The normalized spacial score (nSPS) is 17.8. The molecule has 2 aromatic carbocycles. The molecule has 36 heavy (non-hydrogen) atoms. The molecular formula is C25H24F4N2O4S. The Morgan fingerprint density at radius 2 is 1.86 bits per heavy atom. The van der Waals surface area contributed by atoms with Gasteiger partial charge in [0.05, 0.1) is 23.7 Å². The van der Waals surface area contributed by atoms with Gasteiger partial charge in [-0.1, -0.05) is 25.1 Å². The van der Waals surface area contributed by atoms with Gasteiger partial charge in [0.15, 0.2) is 0 Å². The largest absolute Gasteiger partial charge is 0.493 e. The van der Waals surface area contributed by atoms with Crippen LogP contribution in [0.15, 0.2) is 59.5 Å². The second-order valence-electron chi connectivity index (χ2n) is 8.65. The van der Waals surface area contributed by atoms with E-state index in [-0.39, 0.29) is 30.3 Å². The highest BCUT2D eigenvalue weighted by Crippen LogP contribution is 2.46. The molecule has 0 fully saturated rings. The minimum absolute atomic E-state index is 0.122. The number of anilines is 1. The average molecular weight is 525 g/mol. The Hall–Kier alpha value is -3.18. The quantitative estimate of drug-likeness (QED) is 0.335. The van der Waals surface area contributed by atoms with Crippen molar-refractivity contribution in [1.82, 2.24) is 4.98 Å². The molecule has 2 heterocycles. The average Bonchev–Trinajstić information content (AvgIpc) is 2.81. The van der Waals surface area contributed by atoms with Crippen molar-refractivity contribution in [3.8, 4) is 5.75 Å². The molecular weight excluding hydrogens is 500 g/mol. The van der Waals surface area contributed by atoms with Gasteiger partial charge in [-0.2, -0.15) is 17.6 Å². The van der Waals surface area contributed by atoms with E-state index in [1.54, 1.807) is 6.07 Å². The maximum absolute atomic E-state index is 13.4. The van der Waals surface area contributed by atoms with Gasteiger partial charge in [-0.05, 0) is 54.3 Å². The first-order chi connectivity index (χ1) is 16.9. The first kappa shape index (κ1) is 25.9. The smallest absolute Gasteiger partial charge is 0.416 e. The van der Waals surface area contributed by atoms with E-state index >= 15 is 0 Å². The Bertz CT molecular complexity index is 1380. The van der Waals surface area contributed by atoms with Crippen LogP contribution < -0.4 is 9.46 Å². The minimum Gasteiger partial charge on any atom is -0.493 e. The Morgan fingerprint density at radius 1 is 1.11 bits per heavy atom. The number of halogens is 4. The van der Waals surface area contributed by atoms with Crippen LogP contribution in [0.25, 0.3) is 0 Å². The summed E-state index contributed by atoms with van der Waals surface area (Å²) in [5.74, 6) is -0.706. The molecule has 0 amide bonds. The second-order valence-corrected chi connectivity index (χ2v) is 10.3. The summed E-state index contributed by atoms with van der Waals surface area (Å²) in [6, 6.07) is 11.7. The van der Waals surface area contributed by atoms with Gasteiger partial charge in [-0.25, -0.2) is 13.4 Å². The third-order valence-corrected chi connectivity index (χ3v) is 7.63. The molecule has 1 aliphatic heterocycles. The van der Waals surface area contributed by atoms with Crippen LogP contribution in [-0.4, -0.2) is 33.7 Å². The minimum atomic E-state index is -4.48. The molecule has 6 nitrogen and oxygen atoms in total. The standard InChI is InChI=1S/C25H24F4N2O4S/c1-24(19-8-6-17(25(27,28)29)14-16(19)10-12-34-2)11-13-35-21-15-18(7-9-20(21)24)36(32,33)31-23-5-3-4-22(26)30-23/h3-9,14-15H,10-13H2,1-2H3,(H,30,31)/t24-/m0/s1. The molecule has 1 atom stereocenters. The molecule has 3 aromatic rings. The number of alkyl halides is 3. The van der Waals surface area contributed by atoms with Crippen molar-refractivity contribution < 1.29 is 35.5 Å². The Kier molecular flexibility index (Phi) is 6.98. The van der Waals surface area contributed by atoms with Gasteiger partial charge in [0.25, 0.3) is 10.0 Å². The zero-order chi connectivity index (χ0) is 26.1. The summed E-state index contributed by atoms with van der Waals surface area (Å²) in [5.41, 5.74) is 0.356. The van der Waals surface area contributed by atoms with Crippen molar-refractivity contribution in [2.45, 2.75) is 36.3 Å². The predicted molar refractivity (Wildman–Crippen MR) is 125 cm³/mol. The van der Waals surface area contributed by atoms with Crippen LogP contribution >= 0.6 is 0 Å². The molecule has 0 spiro atoms. The number of hydrogen-bond acceptors (Lipinski definition) is 5. The highest BCUT2D eigenvalue weighted by Gasteiger charge is 2.39. The summed E-state index contributed by atoms with van der Waals surface area (Å²) < 4.78 is 92.5. The molecule has 1 aliphatic rings. The number of fused-ring (bicyclic) bond motifs is 1. The summed E-state index contributed by atoms with van der Waals surface area (Å²) in [6.07, 6.45) is -3.73. The van der Waals surface area contributed by atoms with Crippen LogP contribution in [0.5, 0.6) is 5.75 Å². The highest BCUT2D eigenvalue weighted by molar-refractivity contribution is 7.92. The molecule has 0 bridgehead atoms. The zero-order valence-corrected chi connectivity index (χ0v) is 20.3. The number of pyridine rings is 1. The first-order valence-electron chi connectivity index (χ1n) is 11.1. The molecule has 1 aromatic heterocycles. The molecule has 4 rings (SSSR count). The van der Waals surface area contributed by atoms with E-state index in [0.29, 0.717) is 28.9 Å². The lowest BCUT2D eigenvalue weighted by Crippen LogP contribution is -2.33. The zero-order valence-electron chi connectivity index (χ0n) is 19.5. The van der Waals surface area contributed by atoms with Crippen LogP contribution in [0.4, 0.5) is 23.4 Å². The van der Waals surface area contributed by atoms with Gasteiger partial charge in [0.2, 0.25) is 5.95 Å². The van der Waals surface area contributed by atoms with Gasteiger partial charge < -0.3 is 9.47 Å². The van der Waals surface area contributed by atoms with Crippen LogP contribution in [-0.2, 0) is 32.8 Å². The van der Waals surface area contributed by atoms with E-state index in [2.05, 4.69) is 9.71 Å². The molecule has 0 unspecified atom stereocenters. The fourth-order valence-electron chi connectivity index (χ4n) is 4.41. The van der Waals surface area contributed by atoms with Gasteiger partial charge >= 0.3 is 6.18 Å². The Labute approximate surface area is 206 Å². The van der Waals surface area contributed by atoms with Gasteiger partial charge in [-0.3, -0.25) is 4.72 Å². The molecule has 0 saturated carbocycles. The van der Waals surface area contributed by atoms with Crippen molar-refractivity contribution in [2.75, 3.05) is 25.0 Å². The van der Waals surface area contributed by atoms with Gasteiger partial charge in [0, 0.05) is 24.2 Å². The van der Waals surface area contributed by atoms with E-state index in [1.165, 1.54) is 37.4 Å². The monoisotopic (exact) mass is 524 g/mol. The molecule has 1 N–H and O–H groups in total. The fraction of sp³-hybridized carbons (Fsp3) is 0.320. The van der Waals surface area contributed by atoms with Crippen LogP contribution in [0.1, 0.15) is 35.6 Å². The molecule has 0 aliphatic carbocycles. The summed E-state index contributed by atoms with van der Waals surface area (Å²) in [7, 11) is -2.63. The maximum Gasteiger partial charge on any atom is 0.416 e. The predicted octanol–water partition coefficient (Wildman–Crippen LogP) is 5.32. The number of sulfonamides is 1. The van der Waals surface area contributed by atoms with Crippen molar-refractivity contribution in [3.05, 3.63) is 82.8 Å². The number of ether oxygens (including phenoxy) is 2. The topological polar surface area (TPSA) is 77.5 Å². The lowest BCUT2D eigenvalue weighted by atomic mass is 9.70. The van der Waals surface area contributed by atoms with Crippen LogP contribution in [0.2, 0.25) is 0 Å². The van der Waals surface area contributed by atoms with Crippen LogP contribution in [0, 0.1) is 5.95 Å². The number of hydrogen-bond donors (Lipinski definition) is 1. The Balaban J connectivity index is 1.74. The number of rotatable bonds is 7. The highest BCUT2D eigenvalue weighted by atomic mass is 32.2. The number of aromatic nitrogens is 1. The van der Waals surface area contributed by atoms with Gasteiger partial charge in [0.1, 0.15) is 11.6 Å². The Morgan fingerprint density at radius 3 is 2.56 bits per heavy atom. The van der Waals surface area contributed by atoms with E-state index in [9.17, 15) is 26.0 Å². The summed E-state index contributed by atoms with van der Waals surface area (Å²) >= 11 is 0. The van der Waals surface area contributed by atoms with Gasteiger partial charge in [-0.15, -0.1) is 0 Å². The van der Waals surface area contributed by atoms with Crippen molar-refractivity contribution in [1.29, 1.82) is 0 Å². The maximum atomic E-state index is 13.4. The molecule has 0 saturated heterocycles.